The van der Waals surface area contributed by atoms with Crippen LogP contribution in [0, 0.1) is 5.92 Å². The molecule has 0 bridgehead atoms. The zero-order chi connectivity index (χ0) is 15.1. The van der Waals surface area contributed by atoms with Crippen LogP contribution in [0.25, 0.3) is 0 Å². The number of urea groups is 1. The Balaban J connectivity index is 2.45. The van der Waals surface area contributed by atoms with E-state index in [-0.39, 0.29) is 11.2 Å². The number of carbonyl (C=O) groups excluding carboxylic acids is 2. The van der Waals surface area contributed by atoms with Crippen LogP contribution in [-0.4, -0.2) is 23.7 Å². The fraction of sp³-hybridized carbons (Fsp3) is 0.429. The lowest BCUT2D eigenvalue weighted by atomic mass is 10.2. The van der Waals surface area contributed by atoms with Crippen LogP contribution >= 0.6 is 27.7 Å². The second-order valence-electron chi connectivity index (χ2n) is 4.81. The first-order valence-electron chi connectivity index (χ1n) is 6.39. The van der Waals surface area contributed by atoms with Gasteiger partial charge in [-0.25, -0.2) is 4.79 Å². The van der Waals surface area contributed by atoms with Crippen molar-refractivity contribution in [3.05, 3.63) is 28.7 Å². The molecule has 4 nitrogen and oxygen atoms in total. The lowest BCUT2D eigenvalue weighted by molar-refractivity contribution is -0.119. The molecule has 1 rings (SSSR count). The fourth-order valence-electron chi connectivity index (χ4n) is 1.35. The van der Waals surface area contributed by atoms with E-state index in [1.165, 1.54) is 11.8 Å². The number of nitrogens with one attached hydrogen (secondary N) is 2. The van der Waals surface area contributed by atoms with Crippen molar-refractivity contribution in [1.82, 2.24) is 10.6 Å². The van der Waals surface area contributed by atoms with Gasteiger partial charge in [0.2, 0.25) is 5.91 Å². The summed E-state index contributed by atoms with van der Waals surface area (Å²) in [6.07, 6.45) is 0. The average Bonchev–Trinajstić information content (AvgIpc) is 2.36. The molecule has 0 spiro atoms. The lowest BCUT2D eigenvalue weighted by Crippen LogP contribution is -2.43. The van der Waals surface area contributed by atoms with Crippen molar-refractivity contribution in [2.24, 2.45) is 5.92 Å². The van der Waals surface area contributed by atoms with Crippen molar-refractivity contribution >= 4 is 39.6 Å². The summed E-state index contributed by atoms with van der Waals surface area (Å²) in [6, 6.07) is 7.26. The molecule has 3 amide bonds. The first-order valence-corrected chi connectivity index (χ1v) is 8.06. The predicted molar refractivity (Wildman–Crippen MR) is 85.8 cm³/mol. The highest BCUT2D eigenvalue weighted by Gasteiger charge is 2.17. The van der Waals surface area contributed by atoms with E-state index in [1.807, 2.05) is 38.1 Å². The minimum Gasteiger partial charge on any atom is -0.338 e. The van der Waals surface area contributed by atoms with Gasteiger partial charge in [0.25, 0.3) is 0 Å². The first kappa shape index (κ1) is 17.0. The highest BCUT2D eigenvalue weighted by Crippen LogP contribution is 2.25. The van der Waals surface area contributed by atoms with E-state index in [2.05, 4.69) is 26.6 Å². The largest absolute Gasteiger partial charge is 0.338 e. The molecule has 1 unspecified atom stereocenters. The maximum Gasteiger partial charge on any atom is 0.321 e. The summed E-state index contributed by atoms with van der Waals surface area (Å²) >= 11 is 4.80. The molecule has 0 saturated carbocycles. The van der Waals surface area contributed by atoms with Crippen molar-refractivity contribution in [3.63, 3.8) is 0 Å². The zero-order valence-corrected chi connectivity index (χ0v) is 14.2. The topological polar surface area (TPSA) is 58.2 Å². The first-order chi connectivity index (χ1) is 9.38. The van der Waals surface area contributed by atoms with Gasteiger partial charge < -0.3 is 5.32 Å². The zero-order valence-electron chi connectivity index (χ0n) is 11.8. The molecule has 1 aromatic carbocycles. The van der Waals surface area contributed by atoms with E-state index < -0.39 is 6.03 Å². The summed E-state index contributed by atoms with van der Waals surface area (Å²) in [5, 5.41) is 4.66. The third kappa shape index (κ3) is 6.43. The number of carbonyl (C=O) groups is 2. The van der Waals surface area contributed by atoms with Crippen LogP contribution < -0.4 is 10.6 Å². The van der Waals surface area contributed by atoms with Crippen LogP contribution in [0.4, 0.5) is 4.79 Å². The van der Waals surface area contributed by atoms with Gasteiger partial charge in [0.1, 0.15) is 0 Å². The standard InChI is InChI=1S/C14H19BrN2O2S/c1-9(2)8-16-14(19)17-13(18)10(3)20-12-6-4-5-11(15)7-12/h4-7,9-10H,8H2,1-3H3,(H2,16,17,18,19). The summed E-state index contributed by atoms with van der Waals surface area (Å²) in [4.78, 5) is 24.4. The summed E-state index contributed by atoms with van der Waals surface area (Å²) in [5.74, 6) is 0.0561. The van der Waals surface area contributed by atoms with Crippen LogP contribution in [0.5, 0.6) is 0 Å². The van der Waals surface area contributed by atoms with Gasteiger partial charge in [0, 0.05) is 15.9 Å². The molecule has 6 heteroatoms. The van der Waals surface area contributed by atoms with Gasteiger partial charge in [-0.3, -0.25) is 10.1 Å². The van der Waals surface area contributed by atoms with Crippen molar-refractivity contribution in [3.8, 4) is 0 Å². The maximum absolute atomic E-state index is 11.9. The summed E-state index contributed by atoms with van der Waals surface area (Å²) in [6.45, 7) is 6.31. The average molecular weight is 359 g/mol. The minimum atomic E-state index is -0.439. The van der Waals surface area contributed by atoms with Crippen LogP contribution in [0.2, 0.25) is 0 Å². The molecular formula is C14H19BrN2O2S. The smallest absolute Gasteiger partial charge is 0.321 e. The van der Waals surface area contributed by atoms with E-state index in [4.69, 9.17) is 0 Å². The van der Waals surface area contributed by atoms with Crippen LogP contribution in [0.3, 0.4) is 0 Å². The van der Waals surface area contributed by atoms with Crippen molar-refractivity contribution in [2.75, 3.05) is 6.54 Å². The Morgan fingerprint density at radius 2 is 2.00 bits per heavy atom. The van der Waals surface area contributed by atoms with Gasteiger partial charge in [0.15, 0.2) is 0 Å². The number of imide groups is 1. The molecule has 0 aliphatic carbocycles. The van der Waals surface area contributed by atoms with Gasteiger partial charge in [-0.1, -0.05) is 35.8 Å². The van der Waals surface area contributed by atoms with Gasteiger partial charge in [-0.2, -0.15) is 0 Å². The van der Waals surface area contributed by atoms with E-state index in [0.29, 0.717) is 12.5 Å². The Kier molecular flexibility index (Phi) is 7.09. The van der Waals surface area contributed by atoms with Crippen molar-refractivity contribution < 1.29 is 9.59 Å². The molecule has 0 aliphatic heterocycles. The SMILES string of the molecule is CC(C)CNC(=O)NC(=O)C(C)Sc1cccc(Br)c1. The molecule has 0 saturated heterocycles. The van der Waals surface area contributed by atoms with Crippen molar-refractivity contribution in [1.29, 1.82) is 0 Å². The maximum atomic E-state index is 11.9. The summed E-state index contributed by atoms with van der Waals surface area (Å²) in [5.41, 5.74) is 0. The third-order valence-corrected chi connectivity index (χ3v) is 3.97. The number of halogens is 1. The second-order valence-corrected chi connectivity index (χ2v) is 7.14. The van der Waals surface area contributed by atoms with Gasteiger partial charge in [-0.15, -0.1) is 11.8 Å². The Labute approximate surface area is 132 Å². The van der Waals surface area contributed by atoms with E-state index in [0.717, 1.165) is 9.37 Å². The Morgan fingerprint density at radius 3 is 2.60 bits per heavy atom. The second kappa shape index (κ2) is 8.32. The van der Waals surface area contributed by atoms with E-state index in [1.54, 1.807) is 6.92 Å². The molecule has 0 radical (unpaired) electrons. The molecule has 2 N–H and O–H groups in total. The molecule has 0 heterocycles. The molecule has 1 aromatic rings. The number of rotatable bonds is 5. The normalized spacial score (nSPS) is 12.1. The minimum absolute atomic E-state index is 0.295. The van der Waals surface area contributed by atoms with Crippen molar-refractivity contribution in [2.45, 2.75) is 30.9 Å². The third-order valence-electron chi connectivity index (χ3n) is 2.39. The molecule has 110 valence electrons. The Hall–Kier alpha value is -1.01. The van der Waals surface area contributed by atoms with E-state index >= 15 is 0 Å². The molecule has 0 aliphatic rings. The van der Waals surface area contributed by atoms with Crippen LogP contribution in [0.15, 0.2) is 33.6 Å². The number of amides is 3. The molecule has 0 aromatic heterocycles. The van der Waals surface area contributed by atoms with Gasteiger partial charge >= 0.3 is 6.03 Å². The monoisotopic (exact) mass is 358 g/mol. The van der Waals surface area contributed by atoms with Gasteiger partial charge in [0.05, 0.1) is 5.25 Å². The number of hydrogen-bond donors (Lipinski definition) is 2. The molecule has 1 atom stereocenters. The van der Waals surface area contributed by atoms with Crippen LogP contribution in [0.1, 0.15) is 20.8 Å². The quantitative estimate of drug-likeness (QED) is 0.792. The number of hydrogen-bond acceptors (Lipinski definition) is 3. The Morgan fingerprint density at radius 1 is 1.30 bits per heavy atom. The highest BCUT2D eigenvalue weighted by molar-refractivity contribution is 9.10. The highest BCUT2D eigenvalue weighted by atomic mass is 79.9. The number of thioether (sulfide) groups is 1. The number of benzene rings is 1. The summed E-state index contributed by atoms with van der Waals surface area (Å²) < 4.78 is 0.963. The van der Waals surface area contributed by atoms with E-state index in [9.17, 15) is 9.59 Å². The lowest BCUT2D eigenvalue weighted by Gasteiger charge is -2.12. The molecule has 20 heavy (non-hydrogen) atoms. The fourth-order valence-corrected chi connectivity index (χ4v) is 2.83. The van der Waals surface area contributed by atoms with Crippen LogP contribution in [-0.2, 0) is 4.79 Å². The van der Waals surface area contributed by atoms with Gasteiger partial charge in [-0.05, 0) is 31.0 Å². The molecular weight excluding hydrogens is 340 g/mol. The summed E-state index contributed by atoms with van der Waals surface area (Å²) in [7, 11) is 0. The molecule has 0 fully saturated rings. The predicted octanol–water partition coefficient (Wildman–Crippen LogP) is 3.41. The Bertz CT molecular complexity index is 480.